The second kappa shape index (κ2) is 16.5. The Labute approximate surface area is 308 Å². The average Bonchev–Trinajstić information content (AvgIpc) is 3.38. The second-order valence-electron chi connectivity index (χ2n) is 11.5. The Balaban J connectivity index is 1.54. The largest absolute Gasteiger partial charge is 0.491 e. The van der Waals surface area contributed by atoms with E-state index < -0.39 is 12.0 Å². The van der Waals surface area contributed by atoms with Crippen LogP contribution in [-0.2, 0) is 20.9 Å². The molecule has 2 heterocycles. The quantitative estimate of drug-likeness (QED) is 0.114. The summed E-state index contributed by atoms with van der Waals surface area (Å²) in [4.78, 5) is 44.8. The Bertz CT molecular complexity index is 2100. The van der Waals surface area contributed by atoms with Gasteiger partial charge in [-0.15, -0.1) is 0 Å². The van der Waals surface area contributed by atoms with E-state index in [4.69, 9.17) is 28.7 Å². The highest BCUT2D eigenvalue weighted by Gasteiger charge is 2.35. The number of ether oxygens (including phenoxy) is 5. The first-order chi connectivity index (χ1) is 24.1. The molecule has 0 unspecified atom stereocenters. The summed E-state index contributed by atoms with van der Waals surface area (Å²) in [5.41, 5.74) is 3.20. The van der Waals surface area contributed by atoms with Crippen LogP contribution in [0.25, 0.3) is 6.08 Å². The maximum absolute atomic E-state index is 14.3. The molecule has 5 rings (SSSR count). The predicted octanol–water partition coefficient (Wildman–Crippen LogP) is 6.34. The number of nitrogens with zero attached hydrogens (tertiary/aromatic N) is 2. The molecule has 3 aromatic carbocycles. The summed E-state index contributed by atoms with van der Waals surface area (Å²) < 4.78 is 31.6. The van der Waals surface area contributed by atoms with Crippen LogP contribution >= 0.6 is 33.9 Å². The van der Waals surface area contributed by atoms with Crippen molar-refractivity contribution in [3.05, 3.63) is 117 Å². The first kappa shape index (κ1) is 36.8. The molecule has 1 aliphatic rings. The first-order valence-electron chi connectivity index (χ1n) is 16.4. The Morgan fingerprint density at radius 2 is 1.64 bits per heavy atom. The molecule has 0 amide bonds. The standard InChI is InChI=1S/C38H39IN2O8S/c1-7-45-30-19-25(18-28(39)34(30)48-21-24-14-16-26(17-15-24)36(43)46-8-2)20-31-35(42)41-33(27-12-10-11-13-29(27)49-22(4)5)32(37(44)47-9-3)23(6)40-38(41)50-31/h10-20,22,33H,7-9,21H2,1-6H3/b31-20-/t33-/m1/s1. The van der Waals surface area contributed by atoms with Crippen LogP contribution in [-0.4, -0.2) is 42.4 Å². The van der Waals surface area contributed by atoms with Crippen molar-refractivity contribution in [3.8, 4) is 17.2 Å². The number of benzene rings is 3. The van der Waals surface area contributed by atoms with Crippen molar-refractivity contribution in [1.29, 1.82) is 0 Å². The number of fused-ring (bicyclic) bond motifs is 1. The lowest BCUT2D eigenvalue weighted by atomic mass is 9.95. The molecule has 10 nitrogen and oxygen atoms in total. The number of rotatable bonds is 13. The minimum atomic E-state index is -0.802. The lowest BCUT2D eigenvalue weighted by molar-refractivity contribution is -0.139. The van der Waals surface area contributed by atoms with Crippen molar-refractivity contribution in [2.45, 2.75) is 60.3 Å². The topological polar surface area (TPSA) is 115 Å². The zero-order valence-corrected chi connectivity index (χ0v) is 31.8. The molecule has 50 heavy (non-hydrogen) atoms. The highest BCUT2D eigenvalue weighted by molar-refractivity contribution is 14.1. The van der Waals surface area contributed by atoms with Gasteiger partial charge in [-0.1, -0.05) is 41.7 Å². The van der Waals surface area contributed by atoms with E-state index in [9.17, 15) is 14.4 Å². The van der Waals surface area contributed by atoms with Crippen LogP contribution in [0.4, 0.5) is 0 Å². The zero-order chi connectivity index (χ0) is 35.9. The van der Waals surface area contributed by atoms with E-state index in [1.54, 1.807) is 43.5 Å². The number of para-hydroxylation sites is 1. The van der Waals surface area contributed by atoms with Gasteiger partial charge in [0.1, 0.15) is 18.4 Å². The number of esters is 2. The molecule has 1 aliphatic heterocycles. The fraction of sp³-hybridized carbons (Fsp3) is 0.316. The molecule has 0 spiro atoms. The van der Waals surface area contributed by atoms with Crippen LogP contribution in [0.15, 0.2) is 81.7 Å². The monoisotopic (exact) mass is 810 g/mol. The summed E-state index contributed by atoms with van der Waals surface area (Å²) in [7, 11) is 0. The molecule has 0 aliphatic carbocycles. The zero-order valence-electron chi connectivity index (χ0n) is 28.8. The van der Waals surface area contributed by atoms with Gasteiger partial charge < -0.3 is 23.7 Å². The van der Waals surface area contributed by atoms with E-state index in [1.165, 1.54) is 11.3 Å². The van der Waals surface area contributed by atoms with Gasteiger partial charge >= 0.3 is 11.9 Å². The average molecular weight is 811 g/mol. The Kier molecular flexibility index (Phi) is 12.2. The molecule has 1 atom stereocenters. The normalized spacial score (nSPS) is 14.2. The second-order valence-corrected chi connectivity index (χ2v) is 13.6. The van der Waals surface area contributed by atoms with E-state index >= 15 is 0 Å². The molecule has 262 valence electrons. The van der Waals surface area contributed by atoms with Gasteiger partial charge in [-0.05, 0) is 112 Å². The molecule has 1 aromatic heterocycles. The van der Waals surface area contributed by atoms with Gasteiger partial charge in [-0.3, -0.25) is 9.36 Å². The van der Waals surface area contributed by atoms with Gasteiger partial charge in [0.05, 0.1) is 50.9 Å². The Morgan fingerprint density at radius 1 is 0.940 bits per heavy atom. The summed E-state index contributed by atoms with van der Waals surface area (Å²) in [6, 6.07) is 17.4. The molecule has 0 saturated heterocycles. The van der Waals surface area contributed by atoms with Crippen molar-refractivity contribution in [2.75, 3.05) is 19.8 Å². The number of aromatic nitrogens is 1. The van der Waals surface area contributed by atoms with Crippen LogP contribution in [0.1, 0.15) is 74.6 Å². The summed E-state index contributed by atoms with van der Waals surface area (Å²) in [6.07, 6.45) is 1.66. The lowest BCUT2D eigenvalue weighted by Crippen LogP contribution is -2.40. The summed E-state index contributed by atoms with van der Waals surface area (Å²) in [5.74, 6) is 0.761. The smallest absolute Gasteiger partial charge is 0.338 e. The fourth-order valence-electron chi connectivity index (χ4n) is 5.49. The van der Waals surface area contributed by atoms with Crippen molar-refractivity contribution >= 4 is 51.9 Å². The maximum Gasteiger partial charge on any atom is 0.338 e. The minimum absolute atomic E-state index is 0.131. The summed E-state index contributed by atoms with van der Waals surface area (Å²) in [6.45, 7) is 12.2. The fourth-order valence-corrected chi connectivity index (χ4v) is 7.31. The van der Waals surface area contributed by atoms with Crippen molar-refractivity contribution < 1.29 is 33.3 Å². The van der Waals surface area contributed by atoms with E-state index in [0.717, 1.165) is 14.7 Å². The summed E-state index contributed by atoms with van der Waals surface area (Å²) in [5, 5.41) is 0. The van der Waals surface area contributed by atoms with Crippen LogP contribution in [0.2, 0.25) is 0 Å². The highest BCUT2D eigenvalue weighted by atomic mass is 127. The molecular weight excluding hydrogens is 771 g/mol. The lowest BCUT2D eigenvalue weighted by Gasteiger charge is -2.26. The number of hydrogen-bond donors (Lipinski definition) is 0. The third-order valence-corrected chi connectivity index (χ3v) is 9.36. The van der Waals surface area contributed by atoms with Gasteiger partial charge in [0, 0.05) is 5.56 Å². The molecule has 0 saturated carbocycles. The number of hydrogen-bond acceptors (Lipinski definition) is 10. The van der Waals surface area contributed by atoms with Crippen molar-refractivity contribution in [1.82, 2.24) is 4.57 Å². The van der Waals surface area contributed by atoms with Crippen LogP contribution in [0.5, 0.6) is 17.2 Å². The number of carbonyl (C=O) groups excluding carboxylic acids is 2. The SMILES string of the molecule is CCOC(=O)C1=C(C)N=c2s/c(=C\c3cc(I)c(OCc4ccc(C(=O)OCC)cc4)c(OCC)c3)c(=O)n2[C@@H]1c1ccccc1OC(C)C. The Morgan fingerprint density at radius 3 is 2.32 bits per heavy atom. The van der Waals surface area contributed by atoms with E-state index in [2.05, 4.69) is 22.6 Å². The van der Waals surface area contributed by atoms with Crippen molar-refractivity contribution in [3.63, 3.8) is 0 Å². The van der Waals surface area contributed by atoms with E-state index in [1.807, 2.05) is 69.3 Å². The molecular formula is C38H39IN2O8S. The summed E-state index contributed by atoms with van der Waals surface area (Å²) >= 11 is 3.44. The van der Waals surface area contributed by atoms with Crippen LogP contribution < -0.4 is 29.1 Å². The number of carbonyl (C=O) groups is 2. The first-order valence-corrected chi connectivity index (χ1v) is 18.3. The van der Waals surface area contributed by atoms with Gasteiger partial charge in [0.15, 0.2) is 16.3 Å². The maximum atomic E-state index is 14.3. The molecule has 0 fully saturated rings. The molecule has 0 bridgehead atoms. The van der Waals surface area contributed by atoms with Crippen LogP contribution in [0, 0.1) is 3.57 Å². The van der Waals surface area contributed by atoms with Gasteiger partial charge in [-0.25, -0.2) is 14.6 Å². The molecule has 0 radical (unpaired) electrons. The van der Waals surface area contributed by atoms with E-state index in [-0.39, 0.29) is 36.4 Å². The van der Waals surface area contributed by atoms with Gasteiger partial charge in [-0.2, -0.15) is 0 Å². The third kappa shape index (κ3) is 8.13. The molecule has 0 N–H and O–H groups in total. The number of allylic oxidation sites excluding steroid dienone is 1. The predicted molar refractivity (Wildman–Crippen MR) is 200 cm³/mol. The van der Waals surface area contributed by atoms with Crippen LogP contribution in [0.3, 0.4) is 0 Å². The highest BCUT2D eigenvalue weighted by Crippen LogP contribution is 2.37. The minimum Gasteiger partial charge on any atom is -0.491 e. The van der Waals surface area contributed by atoms with E-state index in [0.29, 0.717) is 56.6 Å². The van der Waals surface area contributed by atoms with Crippen molar-refractivity contribution in [2.24, 2.45) is 4.99 Å². The number of halogens is 1. The molecule has 12 heteroatoms. The van der Waals surface area contributed by atoms with Gasteiger partial charge in [0.2, 0.25) is 0 Å². The number of thiazole rings is 1. The molecule has 4 aromatic rings. The third-order valence-electron chi connectivity index (χ3n) is 7.57. The Hall–Kier alpha value is -4.43. The van der Waals surface area contributed by atoms with Gasteiger partial charge in [0.25, 0.3) is 5.56 Å².